The molecule has 2 saturated heterocycles. The third-order valence-electron chi connectivity index (χ3n) is 5.23. The zero-order chi connectivity index (χ0) is 16.5. The van der Waals surface area contributed by atoms with Gasteiger partial charge < -0.3 is 14.6 Å². The van der Waals surface area contributed by atoms with E-state index in [9.17, 15) is 9.59 Å². The molecule has 0 aliphatic carbocycles. The highest BCUT2D eigenvalue weighted by molar-refractivity contribution is 5.77. The smallest absolute Gasteiger partial charge is 0.326 e. The number of hydrogen-bond acceptors (Lipinski definition) is 3. The maximum absolute atomic E-state index is 12.4. The molecule has 0 bridgehead atoms. The first-order valence-corrected chi connectivity index (χ1v) is 8.81. The van der Waals surface area contributed by atoms with Crippen molar-refractivity contribution in [3.8, 4) is 0 Å². The molecule has 24 heavy (non-hydrogen) atoms. The average Bonchev–Trinajstić information content (AvgIpc) is 3.21. The number of aromatic amines is 1. The Morgan fingerprint density at radius 3 is 2.75 bits per heavy atom. The van der Waals surface area contributed by atoms with Crippen LogP contribution in [0.5, 0.6) is 0 Å². The number of piperidine rings is 1. The average molecular weight is 329 g/mol. The van der Waals surface area contributed by atoms with Crippen molar-refractivity contribution >= 4 is 16.9 Å². The van der Waals surface area contributed by atoms with E-state index in [-0.39, 0.29) is 23.7 Å². The summed E-state index contributed by atoms with van der Waals surface area (Å²) < 4.78 is 7.42. The molecule has 1 aromatic carbocycles. The number of rotatable bonds is 3. The van der Waals surface area contributed by atoms with Crippen molar-refractivity contribution in [2.45, 2.75) is 44.2 Å². The largest absolute Gasteiger partial charge is 0.378 e. The van der Waals surface area contributed by atoms with Crippen molar-refractivity contribution in [2.75, 3.05) is 19.7 Å². The summed E-state index contributed by atoms with van der Waals surface area (Å²) in [4.78, 5) is 29.5. The zero-order valence-corrected chi connectivity index (χ0v) is 13.7. The Kier molecular flexibility index (Phi) is 4.14. The number of hydrogen-bond donors (Lipinski definition) is 1. The van der Waals surface area contributed by atoms with E-state index in [0.717, 1.165) is 43.3 Å². The highest BCUT2D eigenvalue weighted by Gasteiger charge is 2.28. The SMILES string of the molecule is O=C(CC1CCCO1)N1CCC(n2c(=O)[nH]c3ccccc32)CC1. The molecule has 1 unspecified atom stereocenters. The van der Waals surface area contributed by atoms with Gasteiger partial charge in [0.2, 0.25) is 5.91 Å². The number of H-pyrrole nitrogens is 1. The molecule has 1 aromatic heterocycles. The Morgan fingerprint density at radius 1 is 1.21 bits per heavy atom. The second kappa shape index (κ2) is 6.43. The standard InChI is InChI=1S/C18H23N3O3/c22-17(12-14-4-3-11-24-14)20-9-7-13(8-10-20)21-16-6-2-1-5-15(16)19-18(21)23/h1-2,5-6,13-14H,3-4,7-12H2,(H,19,23). The predicted molar refractivity (Wildman–Crippen MR) is 91.0 cm³/mol. The van der Waals surface area contributed by atoms with Crippen molar-refractivity contribution in [3.63, 3.8) is 0 Å². The van der Waals surface area contributed by atoms with Crippen LogP contribution in [0.3, 0.4) is 0 Å². The van der Waals surface area contributed by atoms with Crippen molar-refractivity contribution in [1.82, 2.24) is 14.5 Å². The molecule has 4 rings (SSSR count). The van der Waals surface area contributed by atoms with Crippen molar-refractivity contribution in [2.24, 2.45) is 0 Å². The van der Waals surface area contributed by atoms with Crippen LogP contribution in [0.2, 0.25) is 0 Å². The van der Waals surface area contributed by atoms with Gasteiger partial charge in [-0.25, -0.2) is 4.79 Å². The molecular weight excluding hydrogens is 306 g/mol. The number of nitrogens with zero attached hydrogens (tertiary/aromatic N) is 2. The first kappa shape index (κ1) is 15.4. The summed E-state index contributed by atoms with van der Waals surface area (Å²) in [5, 5.41) is 0. The number of para-hydroxylation sites is 2. The van der Waals surface area contributed by atoms with Crippen molar-refractivity contribution < 1.29 is 9.53 Å². The lowest BCUT2D eigenvalue weighted by Crippen LogP contribution is -2.41. The van der Waals surface area contributed by atoms with Gasteiger partial charge in [0.05, 0.1) is 23.6 Å². The van der Waals surface area contributed by atoms with E-state index in [2.05, 4.69) is 4.98 Å². The van der Waals surface area contributed by atoms with E-state index in [1.165, 1.54) is 0 Å². The van der Waals surface area contributed by atoms with Crippen LogP contribution >= 0.6 is 0 Å². The van der Waals surface area contributed by atoms with Gasteiger partial charge in [0, 0.05) is 25.7 Å². The molecule has 2 aliphatic rings. The highest BCUT2D eigenvalue weighted by Crippen LogP contribution is 2.26. The van der Waals surface area contributed by atoms with E-state index in [1.807, 2.05) is 33.7 Å². The zero-order valence-electron chi connectivity index (χ0n) is 13.7. The first-order chi connectivity index (χ1) is 11.7. The monoisotopic (exact) mass is 329 g/mol. The fourth-order valence-electron chi connectivity index (χ4n) is 3.94. The van der Waals surface area contributed by atoms with Crippen LogP contribution in [0.1, 0.15) is 38.1 Å². The van der Waals surface area contributed by atoms with E-state index < -0.39 is 0 Å². The van der Waals surface area contributed by atoms with Crippen LogP contribution in [-0.2, 0) is 9.53 Å². The van der Waals surface area contributed by atoms with Crippen molar-refractivity contribution in [3.05, 3.63) is 34.7 Å². The van der Waals surface area contributed by atoms with Gasteiger partial charge in [0.15, 0.2) is 0 Å². The second-order valence-corrected chi connectivity index (χ2v) is 6.77. The fourth-order valence-corrected chi connectivity index (χ4v) is 3.94. The van der Waals surface area contributed by atoms with Gasteiger partial charge in [-0.1, -0.05) is 12.1 Å². The summed E-state index contributed by atoms with van der Waals surface area (Å²) in [6, 6.07) is 7.93. The van der Waals surface area contributed by atoms with E-state index in [4.69, 9.17) is 4.74 Å². The summed E-state index contributed by atoms with van der Waals surface area (Å²) in [5.41, 5.74) is 1.77. The molecule has 2 fully saturated rings. The van der Waals surface area contributed by atoms with Gasteiger partial charge in [-0.2, -0.15) is 0 Å². The van der Waals surface area contributed by atoms with Crippen LogP contribution in [0.4, 0.5) is 0 Å². The van der Waals surface area contributed by atoms with Gasteiger partial charge in [-0.05, 0) is 37.8 Å². The molecule has 2 aromatic rings. The summed E-state index contributed by atoms with van der Waals surface area (Å²) >= 11 is 0. The quantitative estimate of drug-likeness (QED) is 0.937. The molecule has 1 amide bonds. The minimum absolute atomic E-state index is 0.0552. The molecule has 128 valence electrons. The lowest BCUT2D eigenvalue weighted by atomic mass is 10.0. The topological polar surface area (TPSA) is 67.3 Å². The Morgan fingerprint density at radius 2 is 2.00 bits per heavy atom. The number of ether oxygens (including phenoxy) is 1. The molecule has 2 aliphatic heterocycles. The molecule has 0 radical (unpaired) electrons. The Hall–Kier alpha value is -2.08. The van der Waals surface area contributed by atoms with E-state index in [1.54, 1.807) is 0 Å². The van der Waals surface area contributed by atoms with Crippen LogP contribution in [0.25, 0.3) is 11.0 Å². The van der Waals surface area contributed by atoms with Crippen LogP contribution < -0.4 is 5.69 Å². The fraction of sp³-hybridized carbons (Fsp3) is 0.556. The van der Waals surface area contributed by atoms with Crippen LogP contribution in [0.15, 0.2) is 29.1 Å². The third kappa shape index (κ3) is 2.86. The number of nitrogens with one attached hydrogen (secondary N) is 1. The number of amides is 1. The highest BCUT2D eigenvalue weighted by atomic mass is 16.5. The summed E-state index contributed by atoms with van der Waals surface area (Å²) in [6.45, 7) is 2.20. The maximum Gasteiger partial charge on any atom is 0.326 e. The Labute approximate surface area is 140 Å². The molecule has 6 heteroatoms. The number of carbonyl (C=O) groups excluding carboxylic acids is 1. The minimum atomic E-state index is -0.0552. The Balaban J connectivity index is 1.43. The second-order valence-electron chi connectivity index (χ2n) is 6.77. The maximum atomic E-state index is 12.4. The number of imidazole rings is 1. The molecule has 1 atom stereocenters. The van der Waals surface area contributed by atoms with Gasteiger partial charge in [0.25, 0.3) is 0 Å². The molecule has 1 N–H and O–H groups in total. The lowest BCUT2D eigenvalue weighted by Gasteiger charge is -2.33. The molecular formula is C18H23N3O3. The third-order valence-corrected chi connectivity index (χ3v) is 5.23. The number of benzene rings is 1. The van der Waals surface area contributed by atoms with E-state index >= 15 is 0 Å². The number of aromatic nitrogens is 2. The van der Waals surface area contributed by atoms with Gasteiger partial charge in [-0.3, -0.25) is 9.36 Å². The van der Waals surface area contributed by atoms with Crippen LogP contribution in [0, 0.1) is 0 Å². The Bertz CT molecular complexity index is 780. The predicted octanol–water partition coefficient (Wildman–Crippen LogP) is 2.06. The summed E-state index contributed by atoms with van der Waals surface area (Å²) in [6.07, 6.45) is 4.29. The summed E-state index contributed by atoms with van der Waals surface area (Å²) in [7, 11) is 0. The van der Waals surface area contributed by atoms with Crippen LogP contribution in [-0.4, -0.2) is 46.2 Å². The van der Waals surface area contributed by atoms with Crippen molar-refractivity contribution in [1.29, 1.82) is 0 Å². The molecule has 3 heterocycles. The number of likely N-dealkylation sites (tertiary alicyclic amines) is 1. The number of fused-ring (bicyclic) bond motifs is 1. The number of carbonyl (C=O) groups is 1. The molecule has 6 nitrogen and oxygen atoms in total. The van der Waals surface area contributed by atoms with E-state index in [0.29, 0.717) is 19.5 Å². The first-order valence-electron chi connectivity index (χ1n) is 8.81. The minimum Gasteiger partial charge on any atom is -0.378 e. The van der Waals surface area contributed by atoms with Gasteiger partial charge >= 0.3 is 5.69 Å². The van der Waals surface area contributed by atoms with Gasteiger partial charge in [0.1, 0.15) is 0 Å². The summed E-state index contributed by atoms with van der Waals surface area (Å²) in [5.74, 6) is 0.187. The van der Waals surface area contributed by atoms with Gasteiger partial charge in [-0.15, -0.1) is 0 Å². The molecule has 0 saturated carbocycles. The lowest BCUT2D eigenvalue weighted by molar-refractivity contribution is -0.134. The molecule has 0 spiro atoms. The normalized spacial score (nSPS) is 22.3.